The van der Waals surface area contributed by atoms with Gasteiger partial charge in [-0.2, -0.15) is 10.5 Å². The van der Waals surface area contributed by atoms with Crippen molar-refractivity contribution in [3.05, 3.63) is 29.3 Å². The highest BCUT2D eigenvalue weighted by atomic mass is 32.2. The molecule has 0 aliphatic heterocycles. The third kappa shape index (κ3) is 2.83. The Morgan fingerprint density at radius 3 is 2.35 bits per heavy atom. The Labute approximate surface area is 101 Å². The van der Waals surface area contributed by atoms with E-state index < -0.39 is 9.84 Å². The van der Waals surface area contributed by atoms with Gasteiger partial charge in [0.15, 0.2) is 9.84 Å². The minimum atomic E-state index is -3.51. The highest BCUT2D eigenvalue weighted by Gasteiger charge is 2.21. The van der Waals surface area contributed by atoms with Gasteiger partial charge >= 0.3 is 0 Å². The molecule has 0 saturated carbocycles. The summed E-state index contributed by atoms with van der Waals surface area (Å²) in [5, 5.41) is 17.8. The summed E-state index contributed by atoms with van der Waals surface area (Å²) in [5.41, 5.74) is 0.0352. The number of sulfone groups is 1. The first-order valence-corrected chi connectivity index (χ1v) is 6.73. The SMILES string of the molecule is CC(C)CS(=O)(=O)c1cccc(C#N)c1C#N. The van der Waals surface area contributed by atoms with Crippen LogP contribution in [0.1, 0.15) is 25.0 Å². The lowest BCUT2D eigenvalue weighted by Crippen LogP contribution is -2.13. The van der Waals surface area contributed by atoms with Gasteiger partial charge in [-0.3, -0.25) is 0 Å². The highest BCUT2D eigenvalue weighted by molar-refractivity contribution is 7.91. The molecule has 0 fully saturated rings. The average Bonchev–Trinajstić information content (AvgIpc) is 2.26. The maximum Gasteiger partial charge on any atom is 0.179 e. The van der Waals surface area contributed by atoms with Gasteiger partial charge in [0.2, 0.25) is 0 Å². The van der Waals surface area contributed by atoms with Crippen LogP contribution in [0.5, 0.6) is 0 Å². The molecular weight excluding hydrogens is 236 g/mol. The van der Waals surface area contributed by atoms with Gasteiger partial charge < -0.3 is 0 Å². The number of nitrogens with zero attached hydrogens (tertiary/aromatic N) is 2. The Morgan fingerprint density at radius 1 is 1.24 bits per heavy atom. The van der Waals surface area contributed by atoms with Crippen molar-refractivity contribution in [1.29, 1.82) is 10.5 Å². The van der Waals surface area contributed by atoms with Crippen molar-refractivity contribution in [2.75, 3.05) is 5.75 Å². The van der Waals surface area contributed by atoms with Crippen molar-refractivity contribution in [3.63, 3.8) is 0 Å². The van der Waals surface area contributed by atoms with Gasteiger partial charge in [0.1, 0.15) is 12.1 Å². The van der Waals surface area contributed by atoms with E-state index in [4.69, 9.17) is 10.5 Å². The second kappa shape index (κ2) is 4.99. The van der Waals surface area contributed by atoms with Crippen LogP contribution in [-0.4, -0.2) is 14.2 Å². The molecule has 5 heteroatoms. The van der Waals surface area contributed by atoms with E-state index >= 15 is 0 Å². The Hall–Kier alpha value is -1.85. The molecule has 88 valence electrons. The van der Waals surface area contributed by atoms with Crippen molar-refractivity contribution < 1.29 is 8.42 Å². The smallest absolute Gasteiger partial charge is 0.179 e. The quantitative estimate of drug-likeness (QED) is 0.817. The zero-order valence-corrected chi connectivity index (χ0v) is 10.5. The summed E-state index contributed by atoms with van der Waals surface area (Å²) in [7, 11) is -3.51. The van der Waals surface area contributed by atoms with Crippen LogP contribution in [0.25, 0.3) is 0 Å². The molecule has 0 unspecified atom stereocenters. The summed E-state index contributed by atoms with van der Waals surface area (Å²) in [6.45, 7) is 3.58. The van der Waals surface area contributed by atoms with Gasteiger partial charge in [0, 0.05) is 0 Å². The first-order valence-electron chi connectivity index (χ1n) is 5.08. The Balaban J connectivity index is 3.44. The molecule has 0 amide bonds. The lowest BCUT2D eigenvalue weighted by molar-refractivity contribution is 0.582. The number of hydrogen-bond donors (Lipinski definition) is 0. The fourth-order valence-corrected chi connectivity index (χ4v) is 3.34. The van der Waals surface area contributed by atoms with E-state index in [1.165, 1.54) is 18.2 Å². The molecule has 0 bridgehead atoms. The van der Waals surface area contributed by atoms with Crippen molar-refractivity contribution in [1.82, 2.24) is 0 Å². The average molecular weight is 248 g/mol. The molecule has 1 aromatic rings. The van der Waals surface area contributed by atoms with E-state index in [-0.39, 0.29) is 27.7 Å². The molecule has 17 heavy (non-hydrogen) atoms. The number of hydrogen-bond acceptors (Lipinski definition) is 4. The van der Waals surface area contributed by atoms with E-state index in [2.05, 4.69) is 0 Å². The van der Waals surface area contributed by atoms with E-state index in [0.717, 1.165) is 0 Å². The summed E-state index contributed by atoms with van der Waals surface area (Å²) in [6.07, 6.45) is 0. The van der Waals surface area contributed by atoms with Crippen molar-refractivity contribution in [2.24, 2.45) is 5.92 Å². The monoisotopic (exact) mass is 248 g/mol. The summed E-state index contributed by atoms with van der Waals surface area (Å²) >= 11 is 0. The normalized spacial score (nSPS) is 10.9. The number of nitriles is 2. The van der Waals surface area contributed by atoms with Crippen LogP contribution in [0.3, 0.4) is 0 Å². The standard InChI is InChI=1S/C12H12N2O2S/c1-9(2)8-17(15,16)12-5-3-4-10(6-13)11(12)7-14/h3-5,9H,8H2,1-2H3. The van der Waals surface area contributed by atoms with Crippen molar-refractivity contribution in [3.8, 4) is 12.1 Å². The van der Waals surface area contributed by atoms with Gasteiger partial charge in [-0.05, 0) is 18.1 Å². The number of benzene rings is 1. The molecule has 0 atom stereocenters. The first-order chi connectivity index (χ1) is 7.92. The predicted molar refractivity (Wildman–Crippen MR) is 62.8 cm³/mol. The zero-order chi connectivity index (χ0) is 13.1. The maximum atomic E-state index is 12.0. The molecule has 0 heterocycles. The molecule has 0 aliphatic carbocycles. The van der Waals surface area contributed by atoms with Gasteiger partial charge in [0.25, 0.3) is 0 Å². The lowest BCUT2D eigenvalue weighted by Gasteiger charge is -2.09. The summed E-state index contributed by atoms with van der Waals surface area (Å²) in [5.74, 6) is -0.0615. The van der Waals surface area contributed by atoms with E-state index in [0.29, 0.717) is 0 Å². The fourth-order valence-electron chi connectivity index (χ4n) is 1.53. The third-order valence-electron chi connectivity index (χ3n) is 2.15. The molecule has 1 rings (SSSR count). The van der Waals surface area contributed by atoms with E-state index in [1.807, 2.05) is 6.07 Å². The van der Waals surface area contributed by atoms with E-state index in [9.17, 15) is 8.42 Å². The van der Waals surface area contributed by atoms with E-state index in [1.54, 1.807) is 19.9 Å². The predicted octanol–water partition coefficient (Wildman–Crippen LogP) is 1.86. The zero-order valence-electron chi connectivity index (χ0n) is 9.64. The van der Waals surface area contributed by atoms with Crippen LogP contribution in [0.2, 0.25) is 0 Å². The topological polar surface area (TPSA) is 81.7 Å². The van der Waals surface area contributed by atoms with Crippen molar-refractivity contribution in [2.45, 2.75) is 18.7 Å². The van der Waals surface area contributed by atoms with Gasteiger partial charge in [-0.25, -0.2) is 8.42 Å². The summed E-state index contributed by atoms with van der Waals surface area (Å²) in [4.78, 5) is -0.0484. The van der Waals surface area contributed by atoms with Crippen LogP contribution in [-0.2, 0) is 9.84 Å². The molecule has 0 aliphatic rings. The fraction of sp³-hybridized carbons (Fsp3) is 0.333. The van der Waals surface area contributed by atoms with Crippen LogP contribution < -0.4 is 0 Å². The number of rotatable bonds is 3. The third-order valence-corrected chi connectivity index (χ3v) is 4.26. The van der Waals surface area contributed by atoms with Crippen LogP contribution in [0.15, 0.2) is 23.1 Å². The van der Waals surface area contributed by atoms with Gasteiger partial charge in [-0.1, -0.05) is 19.9 Å². The minimum Gasteiger partial charge on any atom is -0.224 e. The van der Waals surface area contributed by atoms with Gasteiger partial charge in [0.05, 0.1) is 21.8 Å². The summed E-state index contributed by atoms with van der Waals surface area (Å²) in [6, 6.07) is 7.91. The second-order valence-corrected chi connectivity index (χ2v) is 6.08. The highest BCUT2D eigenvalue weighted by Crippen LogP contribution is 2.21. The van der Waals surface area contributed by atoms with Crippen LogP contribution >= 0.6 is 0 Å². The first kappa shape index (κ1) is 13.2. The molecule has 4 nitrogen and oxygen atoms in total. The van der Waals surface area contributed by atoms with Crippen LogP contribution in [0, 0.1) is 28.6 Å². The molecule has 0 N–H and O–H groups in total. The Morgan fingerprint density at radius 2 is 1.88 bits per heavy atom. The second-order valence-electron chi connectivity index (χ2n) is 4.08. The lowest BCUT2D eigenvalue weighted by atomic mass is 10.1. The summed E-state index contributed by atoms with van der Waals surface area (Å²) < 4.78 is 24.1. The van der Waals surface area contributed by atoms with Crippen molar-refractivity contribution >= 4 is 9.84 Å². The molecule has 0 spiro atoms. The molecule has 0 radical (unpaired) electrons. The minimum absolute atomic E-state index is 0.0303. The molecule has 0 aromatic heterocycles. The molecule has 0 saturated heterocycles. The van der Waals surface area contributed by atoms with Gasteiger partial charge in [-0.15, -0.1) is 0 Å². The van der Waals surface area contributed by atoms with Crippen LogP contribution in [0.4, 0.5) is 0 Å². The molecular formula is C12H12N2O2S. The molecule has 1 aromatic carbocycles. The largest absolute Gasteiger partial charge is 0.224 e. The Bertz CT molecular complexity index is 604. The Kier molecular flexibility index (Phi) is 3.88. The maximum absolute atomic E-state index is 12.0.